The van der Waals surface area contributed by atoms with Crippen LogP contribution >= 0.6 is 12.4 Å². The predicted octanol–water partition coefficient (Wildman–Crippen LogP) is 4.04. The highest BCUT2D eigenvalue weighted by Gasteiger charge is 2.17. The van der Waals surface area contributed by atoms with Crippen molar-refractivity contribution in [1.29, 1.82) is 0 Å². The number of hydrogen-bond acceptors (Lipinski definition) is 5. The van der Waals surface area contributed by atoms with E-state index in [1.54, 1.807) is 17.8 Å². The van der Waals surface area contributed by atoms with Gasteiger partial charge >= 0.3 is 5.97 Å². The summed E-state index contributed by atoms with van der Waals surface area (Å²) in [4.78, 5) is 11.8. The van der Waals surface area contributed by atoms with Gasteiger partial charge < -0.3 is 15.2 Å². The van der Waals surface area contributed by atoms with Gasteiger partial charge in [-0.1, -0.05) is 36.4 Å². The van der Waals surface area contributed by atoms with Crippen LogP contribution in [0.3, 0.4) is 0 Å². The van der Waals surface area contributed by atoms with Crippen LogP contribution in [0.5, 0.6) is 5.75 Å². The number of aryl methyl sites for hydroxylation is 1. The molecule has 0 saturated heterocycles. The molecule has 3 rings (SSSR count). The third kappa shape index (κ3) is 5.82. The summed E-state index contributed by atoms with van der Waals surface area (Å²) >= 11 is 0. The van der Waals surface area contributed by atoms with Crippen LogP contribution in [-0.2, 0) is 23.2 Å². The number of halogens is 1. The summed E-state index contributed by atoms with van der Waals surface area (Å²) in [5.41, 5.74) is 9.96. The third-order valence-electron chi connectivity index (χ3n) is 4.46. The van der Waals surface area contributed by atoms with E-state index in [9.17, 15) is 4.79 Å². The highest BCUT2D eigenvalue weighted by Crippen LogP contribution is 2.33. The summed E-state index contributed by atoms with van der Waals surface area (Å²) in [6.07, 6.45) is 1.87. The lowest BCUT2D eigenvalue weighted by atomic mass is 10.00. The van der Waals surface area contributed by atoms with Gasteiger partial charge in [0.2, 0.25) is 0 Å². The second-order valence-electron chi connectivity index (χ2n) is 6.49. The van der Waals surface area contributed by atoms with E-state index in [-0.39, 0.29) is 24.8 Å². The van der Waals surface area contributed by atoms with Crippen LogP contribution in [0.4, 0.5) is 0 Å². The molecule has 29 heavy (non-hydrogen) atoms. The van der Waals surface area contributed by atoms with Crippen molar-refractivity contribution in [2.75, 3.05) is 6.61 Å². The molecular formula is C22H26ClN3O3. The van der Waals surface area contributed by atoms with E-state index >= 15 is 0 Å². The first-order valence-corrected chi connectivity index (χ1v) is 9.28. The van der Waals surface area contributed by atoms with Crippen molar-refractivity contribution in [3.63, 3.8) is 0 Å². The quantitative estimate of drug-likeness (QED) is 0.561. The number of rotatable bonds is 8. The first kappa shape index (κ1) is 22.5. The Labute approximate surface area is 177 Å². The minimum absolute atomic E-state index is 0. The number of hydrogen-bond donors (Lipinski definition) is 1. The van der Waals surface area contributed by atoms with Crippen molar-refractivity contribution in [3.8, 4) is 17.0 Å². The maximum absolute atomic E-state index is 11.8. The molecule has 0 bridgehead atoms. The predicted molar refractivity (Wildman–Crippen MR) is 115 cm³/mol. The number of carbonyl (C=O) groups is 1. The van der Waals surface area contributed by atoms with Crippen LogP contribution in [0.25, 0.3) is 11.3 Å². The number of benzene rings is 2. The van der Waals surface area contributed by atoms with Gasteiger partial charge in [-0.25, -0.2) is 0 Å². The van der Waals surface area contributed by atoms with E-state index in [1.165, 1.54) is 0 Å². The van der Waals surface area contributed by atoms with Gasteiger partial charge in [0, 0.05) is 24.8 Å². The Kier molecular flexibility index (Phi) is 8.24. The molecule has 1 atom stereocenters. The highest BCUT2D eigenvalue weighted by molar-refractivity contribution is 5.85. The Morgan fingerprint density at radius 2 is 1.93 bits per heavy atom. The lowest BCUT2D eigenvalue weighted by molar-refractivity contribution is -0.143. The maximum Gasteiger partial charge on any atom is 0.307 e. The zero-order valence-corrected chi connectivity index (χ0v) is 17.4. The number of ether oxygens (including phenoxy) is 2. The molecule has 154 valence electrons. The molecule has 2 N–H and O–H groups in total. The van der Waals surface area contributed by atoms with Gasteiger partial charge in [0.05, 0.1) is 18.7 Å². The molecule has 0 aliphatic carbocycles. The largest absolute Gasteiger partial charge is 0.488 e. The fourth-order valence-corrected chi connectivity index (χ4v) is 3.00. The topological polar surface area (TPSA) is 79.4 Å². The van der Waals surface area contributed by atoms with E-state index in [1.807, 2.05) is 61.6 Å². The molecule has 2 aromatic carbocycles. The van der Waals surface area contributed by atoms with Gasteiger partial charge in [-0.15, -0.1) is 12.4 Å². The second kappa shape index (κ2) is 10.6. The average molecular weight is 416 g/mol. The van der Waals surface area contributed by atoms with Crippen molar-refractivity contribution < 1.29 is 14.3 Å². The normalized spacial score (nSPS) is 11.4. The zero-order valence-electron chi connectivity index (χ0n) is 16.6. The minimum Gasteiger partial charge on any atom is -0.488 e. The summed E-state index contributed by atoms with van der Waals surface area (Å²) in [6, 6.07) is 17.2. The van der Waals surface area contributed by atoms with E-state index < -0.39 is 6.04 Å². The zero-order chi connectivity index (χ0) is 19.9. The summed E-state index contributed by atoms with van der Waals surface area (Å²) in [7, 11) is 1.88. The van der Waals surface area contributed by atoms with Crippen molar-refractivity contribution in [2.45, 2.75) is 26.0 Å². The molecule has 1 heterocycles. The fraction of sp³-hybridized carbons (Fsp3) is 0.273. The number of aromatic nitrogens is 2. The van der Waals surface area contributed by atoms with E-state index in [2.05, 4.69) is 5.10 Å². The third-order valence-corrected chi connectivity index (χ3v) is 4.46. The van der Waals surface area contributed by atoms with Gasteiger partial charge in [0.25, 0.3) is 0 Å². The molecule has 0 aliphatic rings. The van der Waals surface area contributed by atoms with Crippen LogP contribution in [0.1, 0.15) is 30.5 Å². The van der Waals surface area contributed by atoms with Crippen LogP contribution < -0.4 is 10.5 Å². The van der Waals surface area contributed by atoms with Crippen molar-refractivity contribution >= 4 is 18.4 Å². The molecule has 0 saturated carbocycles. The molecule has 0 spiro atoms. The number of esters is 1. The Morgan fingerprint density at radius 1 is 1.17 bits per heavy atom. The summed E-state index contributed by atoms with van der Waals surface area (Å²) in [6.45, 7) is 2.58. The Morgan fingerprint density at radius 3 is 2.59 bits per heavy atom. The van der Waals surface area contributed by atoms with E-state index in [0.29, 0.717) is 13.2 Å². The van der Waals surface area contributed by atoms with Crippen LogP contribution in [-0.4, -0.2) is 22.4 Å². The van der Waals surface area contributed by atoms with Gasteiger partial charge in [0.15, 0.2) is 0 Å². The average Bonchev–Trinajstić information content (AvgIpc) is 3.13. The van der Waals surface area contributed by atoms with Gasteiger partial charge in [-0.3, -0.25) is 9.48 Å². The molecule has 1 aromatic heterocycles. The first-order valence-electron chi connectivity index (χ1n) is 9.28. The molecule has 3 aromatic rings. The minimum atomic E-state index is -0.450. The Hall–Kier alpha value is -2.83. The lowest BCUT2D eigenvalue weighted by Crippen LogP contribution is -2.17. The summed E-state index contributed by atoms with van der Waals surface area (Å²) in [5.74, 6) is 0.432. The maximum atomic E-state index is 11.8. The molecule has 6 nitrogen and oxygen atoms in total. The van der Waals surface area contributed by atoms with Crippen molar-refractivity contribution in [2.24, 2.45) is 12.8 Å². The Bertz CT molecular complexity index is 928. The van der Waals surface area contributed by atoms with Crippen molar-refractivity contribution in [1.82, 2.24) is 9.78 Å². The molecule has 7 heteroatoms. The van der Waals surface area contributed by atoms with Gasteiger partial charge in [-0.2, -0.15) is 5.10 Å². The smallest absolute Gasteiger partial charge is 0.307 e. The lowest BCUT2D eigenvalue weighted by Gasteiger charge is -2.17. The summed E-state index contributed by atoms with van der Waals surface area (Å²) in [5, 5.41) is 4.26. The van der Waals surface area contributed by atoms with Gasteiger partial charge in [0.1, 0.15) is 12.4 Å². The standard InChI is InChI=1S/C22H25N3O3.ClH/c1-3-27-22(26)14-19(23)17-9-10-21(28-15-16-7-5-4-6-8-16)18(13-17)20-11-12-24-25(20)2;/h4-13,19H,3,14-15,23H2,1-2H3;1H. The molecule has 0 aliphatic heterocycles. The van der Waals surface area contributed by atoms with Crippen LogP contribution in [0.15, 0.2) is 60.8 Å². The van der Waals surface area contributed by atoms with E-state index in [4.69, 9.17) is 15.2 Å². The SMILES string of the molecule is CCOC(=O)CC(N)c1ccc(OCc2ccccc2)c(-c2ccnn2C)c1.Cl. The monoisotopic (exact) mass is 415 g/mol. The van der Waals surface area contributed by atoms with Gasteiger partial charge in [-0.05, 0) is 36.2 Å². The van der Waals surface area contributed by atoms with Crippen LogP contribution in [0, 0.1) is 0 Å². The Balaban J connectivity index is 0.00000300. The number of carbonyl (C=O) groups excluding carboxylic acids is 1. The fourth-order valence-electron chi connectivity index (χ4n) is 3.00. The first-order chi connectivity index (χ1) is 13.6. The molecule has 0 fully saturated rings. The highest BCUT2D eigenvalue weighted by atomic mass is 35.5. The number of nitrogens with two attached hydrogens (primary N) is 1. The number of nitrogens with zero attached hydrogens (tertiary/aromatic N) is 2. The summed E-state index contributed by atoms with van der Waals surface area (Å²) < 4.78 is 12.9. The second-order valence-corrected chi connectivity index (χ2v) is 6.49. The van der Waals surface area contributed by atoms with Crippen LogP contribution in [0.2, 0.25) is 0 Å². The molecular weight excluding hydrogens is 390 g/mol. The van der Waals surface area contributed by atoms with Crippen molar-refractivity contribution in [3.05, 3.63) is 71.9 Å². The molecule has 0 amide bonds. The molecule has 0 radical (unpaired) electrons. The van der Waals surface area contributed by atoms with E-state index in [0.717, 1.165) is 28.1 Å². The molecule has 1 unspecified atom stereocenters.